The number of hydrogen-bond acceptors (Lipinski definition) is 3. The summed E-state index contributed by atoms with van der Waals surface area (Å²) >= 11 is 0. The van der Waals surface area contributed by atoms with E-state index in [0.29, 0.717) is 18.5 Å². The minimum atomic E-state index is -0.422. The van der Waals surface area contributed by atoms with E-state index in [1.165, 1.54) is 24.3 Å². The van der Waals surface area contributed by atoms with Crippen molar-refractivity contribution in [3.8, 4) is 5.75 Å². The lowest BCUT2D eigenvalue weighted by molar-refractivity contribution is -0.123. The number of carbonyl (C=O) groups excluding carboxylic acids is 2. The molecule has 0 heterocycles. The first kappa shape index (κ1) is 18.0. The zero-order valence-electron chi connectivity index (χ0n) is 14.4. The number of benzene rings is 2. The minimum absolute atomic E-state index is 0.168. The molecule has 4 nitrogen and oxygen atoms in total. The van der Waals surface area contributed by atoms with Crippen molar-refractivity contribution in [2.45, 2.75) is 25.7 Å². The zero-order valence-corrected chi connectivity index (χ0v) is 14.4. The van der Waals surface area contributed by atoms with Crippen LogP contribution in [-0.2, 0) is 11.2 Å². The number of Topliss-reactive ketones (excluding diaryl/α,β-unsaturated/α-hetero) is 1. The number of ketones is 1. The van der Waals surface area contributed by atoms with E-state index in [0.717, 1.165) is 5.56 Å². The number of hydrogen-bond donors (Lipinski definition) is 1. The van der Waals surface area contributed by atoms with E-state index < -0.39 is 5.82 Å². The molecule has 0 saturated carbocycles. The molecule has 1 aliphatic carbocycles. The minimum Gasteiger partial charge on any atom is -0.483 e. The van der Waals surface area contributed by atoms with E-state index in [1.807, 2.05) is 0 Å². The van der Waals surface area contributed by atoms with Crippen molar-refractivity contribution in [1.29, 1.82) is 0 Å². The molecule has 1 unspecified atom stereocenters. The fraction of sp³-hybridized carbons (Fsp3) is 0.300. The largest absolute Gasteiger partial charge is 0.483 e. The lowest BCUT2D eigenvalue weighted by atomic mass is 10.0. The van der Waals surface area contributed by atoms with Crippen LogP contribution in [0.3, 0.4) is 0 Å². The summed E-state index contributed by atoms with van der Waals surface area (Å²) in [5.41, 5.74) is 1.52. The van der Waals surface area contributed by atoms with Crippen LogP contribution < -0.4 is 10.1 Å². The number of amides is 1. The van der Waals surface area contributed by atoms with Crippen molar-refractivity contribution >= 4 is 11.7 Å². The first-order valence-corrected chi connectivity index (χ1v) is 8.45. The van der Waals surface area contributed by atoms with Crippen LogP contribution in [-0.4, -0.2) is 24.8 Å². The van der Waals surface area contributed by atoms with E-state index in [4.69, 9.17) is 4.74 Å². The van der Waals surface area contributed by atoms with Crippen LogP contribution in [0.5, 0.6) is 5.75 Å². The number of rotatable bonds is 6. The van der Waals surface area contributed by atoms with Gasteiger partial charge in [-0.2, -0.15) is 0 Å². The van der Waals surface area contributed by atoms with Crippen molar-refractivity contribution in [1.82, 2.24) is 5.32 Å². The molecule has 26 heavy (non-hydrogen) atoms. The van der Waals surface area contributed by atoms with Gasteiger partial charge in [-0.25, -0.2) is 8.78 Å². The number of halogens is 2. The van der Waals surface area contributed by atoms with Gasteiger partial charge in [0.2, 0.25) is 0 Å². The molecule has 0 spiro atoms. The highest BCUT2D eigenvalue weighted by Crippen LogP contribution is 2.39. The number of nitrogens with one attached hydrogen (secondary N) is 1. The average molecular weight is 359 g/mol. The molecule has 2 aromatic carbocycles. The molecule has 1 atom stereocenters. The van der Waals surface area contributed by atoms with Crippen molar-refractivity contribution < 1.29 is 23.1 Å². The smallest absolute Gasteiger partial charge is 0.257 e. The maximum atomic E-state index is 13.9. The van der Waals surface area contributed by atoms with Crippen LogP contribution in [0.4, 0.5) is 8.78 Å². The fourth-order valence-corrected chi connectivity index (χ4v) is 3.14. The molecule has 136 valence electrons. The Labute approximate surface area is 150 Å². The molecule has 0 fully saturated rings. The van der Waals surface area contributed by atoms with Crippen LogP contribution >= 0.6 is 0 Å². The summed E-state index contributed by atoms with van der Waals surface area (Å²) in [5, 5.41) is 2.70. The van der Waals surface area contributed by atoms with Crippen molar-refractivity contribution in [2.75, 3.05) is 13.2 Å². The summed E-state index contributed by atoms with van der Waals surface area (Å²) in [5.74, 6) is -1.19. The van der Waals surface area contributed by atoms with Gasteiger partial charge >= 0.3 is 0 Å². The fourth-order valence-electron chi connectivity index (χ4n) is 3.14. The summed E-state index contributed by atoms with van der Waals surface area (Å²) < 4.78 is 32.2. The first-order chi connectivity index (χ1) is 12.5. The monoisotopic (exact) mass is 359 g/mol. The molecule has 0 saturated heterocycles. The second-order valence-corrected chi connectivity index (χ2v) is 6.38. The lowest BCUT2D eigenvalue weighted by Gasteiger charge is -2.12. The van der Waals surface area contributed by atoms with Crippen molar-refractivity contribution in [3.05, 3.63) is 64.7 Å². The van der Waals surface area contributed by atoms with Gasteiger partial charge in [-0.1, -0.05) is 19.1 Å². The third-order valence-corrected chi connectivity index (χ3v) is 4.43. The molecule has 0 radical (unpaired) electrons. The van der Waals surface area contributed by atoms with Crippen molar-refractivity contribution in [3.63, 3.8) is 0 Å². The third-order valence-electron chi connectivity index (χ3n) is 4.43. The third kappa shape index (κ3) is 3.90. The van der Waals surface area contributed by atoms with Gasteiger partial charge in [-0.05, 0) is 42.2 Å². The molecule has 0 aromatic heterocycles. The van der Waals surface area contributed by atoms with E-state index in [2.05, 4.69) is 5.32 Å². The molecule has 0 aliphatic heterocycles. The van der Waals surface area contributed by atoms with Crippen LogP contribution in [0, 0.1) is 11.6 Å². The van der Waals surface area contributed by atoms with E-state index in [1.54, 1.807) is 19.1 Å². The Hall–Kier alpha value is -2.76. The predicted octanol–water partition coefficient (Wildman–Crippen LogP) is 3.39. The van der Waals surface area contributed by atoms with Gasteiger partial charge in [0.25, 0.3) is 5.91 Å². The molecular weight excluding hydrogens is 340 g/mol. The zero-order chi connectivity index (χ0) is 18.7. The SMILES string of the molecule is CC1CC(=O)c2c(OCC(=O)NCCc3ccc(F)cc3)ccc(F)c21. The summed E-state index contributed by atoms with van der Waals surface area (Å²) in [6.07, 6.45) is 0.810. The maximum Gasteiger partial charge on any atom is 0.257 e. The van der Waals surface area contributed by atoms with Crippen LogP contribution in [0.25, 0.3) is 0 Å². The molecule has 1 amide bonds. The van der Waals surface area contributed by atoms with Gasteiger partial charge in [0, 0.05) is 18.5 Å². The summed E-state index contributed by atoms with van der Waals surface area (Å²) in [6, 6.07) is 8.70. The van der Waals surface area contributed by atoms with Gasteiger partial charge < -0.3 is 10.1 Å². The Balaban J connectivity index is 1.54. The van der Waals surface area contributed by atoms with Crippen LogP contribution in [0.15, 0.2) is 36.4 Å². The van der Waals surface area contributed by atoms with Crippen LogP contribution in [0.1, 0.15) is 40.7 Å². The highest BCUT2D eigenvalue weighted by atomic mass is 19.1. The van der Waals surface area contributed by atoms with E-state index in [-0.39, 0.29) is 47.8 Å². The number of carbonyl (C=O) groups is 2. The molecule has 2 aromatic rings. The Kier molecular flexibility index (Phi) is 5.30. The summed E-state index contributed by atoms with van der Waals surface area (Å²) in [4.78, 5) is 24.0. The highest BCUT2D eigenvalue weighted by Gasteiger charge is 2.32. The highest BCUT2D eigenvalue weighted by molar-refractivity contribution is 6.03. The lowest BCUT2D eigenvalue weighted by Crippen LogP contribution is -2.30. The molecule has 0 bridgehead atoms. The first-order valence-electron chi connectivity index (χ1n) is 8.45. The van der Waals surface area contributed by atoms with Gasteiger partial charge in [-0.15, -0.1) is 0 Å². The number of fused-ring (bicyclic) bond motifs is 1. The van der Waals surface area contributed by atoms with E-state index >= 15 is 0 Å². The summed E-state index contributed by atoms with van der Waals surface area (Å²) in [6.45, 7) is 1.91. The molecule has 1 N–H and O–H groups in total. The van der Waals surface area contributed by atoms with Gasteiger partial charge in [0.15, 0.2) is 12.4 Å². The topological polar surface area (TPSA) is 55.4 Å². The maximum absolute atomic E-state index is 13.9. The van der Waals surface area contributed by atoms with Crippen LogP contribution in [0.2, 0.25) is 0 Å². The molecule has 1 aliphatic rings. The Morgan fingerprint density at radius 1 is 1.19 bits per heavy atom. The van der Waals surface area contributed by atoms with Crippen molar-refractivity contribution in [2.24, 2.45) is 0 Å². The number of ether oxygens (including phenoxy) is 1. The second-order valence-electron chi connectivity index (χ2n) is 6.38. The second kappa shape index (κ2) is 7.64. The van der Waals surface area contributed by atoms with Gasteiger partial charge in [-0.3, -0.25) is 9.59 Å². The predicted molar refractivity (Wildman–Crippen MR) is 92.4 cm³/mol. The normalized spacial score (nSPS) is 15.7. The Morgan fingerprint density at radius 3 is 2.65 bits per heavy atom. The molecule has 3 rings (SSSR count). The van der Waals surface area contributed by atoms with Gasteiger partial charge in [0.05, 0.1) is 5.56 Å². The van der Waals surface area contributed by atoms with E-state index in [9.17, 15) is 18.4 Å². The molecular formula is C20H19F2NO3. The average Bonchev–Trinajstić information content (AvgIpc) is 2.92. The Bertz CT molecular complexity index is 834. The van der Waals surface area contributed by atoms with Gasteiger partial charge in [0.1, 0.15) is 17.4 Å². The standard InChI is InChI=1S/C20H19F2NO3/c1-12-10-16(24)20-17(7-6-15(22)19(12)20)26-11-18(25)23-9-8-13-2-4-14(21)5-3-13/h2-7,12H,8-11H2,1H3,(H,23,25). The quantitative estimate of drug-likeness (QED) is 0.860. The Morgan fingerprint density at radius 2 is 1.92 bits per heavy atom. The summed E-state index contributed by atoms with van der Waals surface area (Å²) in [7, 11) is 0. The molecule has 6 heteroatoms.